The molecule has 7 nitrogen and oxygen atoms in total. The van der Waals surface area contributed by atoms with Gasteiger partial charge in [-0.1, -0.05) is 0 Å². The number of halogens is 1. The number of aromatic nitrogens is 4. The molecule has 1 saturated carbocycles. The molecule has 2 aromatic rings. The predicted molar refractivity (Wildman–Crippen MR) is 94.3 cm³/mol. The molecule has 0 radical (unpaired) electrons. The summed E-state index contributed by atoms with van der Waals surface area (Å²) in [5.74, 6) is 3.38. The molecule has 0 unspecified atom stereocenters. The van der Waals surface area contributed by atoms with E-state index in [0.717, 1.165) is 48.2 Å². The topological polar surface area (TPSA) is 73.0 Å². The lowest BCUT2D eigenvalue weighted by molar-refractivity contribution is 0.634. The quantitative estimate of drug-likeness (QED) is 0.850. The van der Waals surface area contributed by atoms with Crippen molar-refractivity contribution in [3.63, 3.8) is 0 Å². The van der Waals surface area contributed by atoms with Gasteiger partial charge in [-0.05, 0) is 28.8 Å². The highest BCUT2D eigenvalue weighted by atomic mass is 79.9. The van der Waals surface area contributed by atoms with E-state index in [1.807, 2.05) is 7.05 Å². The third-order valence-corrected chi connectivity index (χ3v) is 5.04. The first kappa shape index (κ1) is 14.7. The van der Waals surface area contributed by atoms with Crippen LogP contribution in [0.2, 0.25) is 0 Å². The molecule has 0 aromatic carbocycles. The Labute approximate surface area is 143 Å². The summed E-state index contributed by atoms with van der Waals surface area (Å²) >= 11 is 3.45. The molecule has 1 saturated heterocycles. The average Bonchev–Trinajstić information content (AvgIpc) is 3.33. The smallest absolute Gasteiger partial charge is 0.227 e. The SMILES string of the molecule is CNc1nc(N2CCN(c3cc(C4CC4)[nH]n3)CC2)ncc1Br. The Hall–Kier alpha value is -1.83. The summed E-state index contributed by atoms with van der Waals surface area (Å²) in [4.78, 5) is 13.5. The molecule has 0 bridgehead atoms. The van der Waals surface area contributed by atoms with Gasteiger partial charge in [-0.2, -0.15) is 10.1 Å². The van der Waals surface area contributed by atoms with Gasteiger partial charge in [0.25, 0.3) is 0 Å². The molecule has 23 heavy (non-hydrogen) atoms. The van der Waals surface area contributed by atoms with E-state index in [1.165, 1.54) is 18.5 Å². The zero-order valence-electron chi connectivity index (χ0n) is 13.1. The number of H-pyrrole nitrogens is 1. The third-order valence-electron chi connectivity index (χ3n) is 4.46. The number of rotatable bonds is 4. The Morgan fingerprint density at radius 3 is 2.65 bits per heavy atom. The van der Waals surface area contributed by atoms with Crippen LogP contribution in [-0.2, 0) is 0 Å². The Morgan fingerprint density at radius 1 is 1.22 bits per heavy atom. The van der Waals surface area contributed by atoms with E-state index in [2.05, 4.69) is 57.3 Å². The Balaban J connectivity index is 1.41. The molecule has 0 amide bonds. The molecule has 2 aromatic heterocycles. The highest BCUT2D eigenvalue weighted by molar-refractivity contribution is 9.10. The average molecular weight is 378 g/mol. The number of nitrogens with zero attached hydrogens (tertiary/aromatic N) is 5. The highest BCUT2D eigenvalue weighted by Gasteiger charge is 2.27. The van der Waals surface area contributed by atoms with Gasteiger partial charge in [0.05, 0.1) is 4.47 Å². The predicted octanol–water partition coefficient (Wildman–Crippen LogP) is 2.21. The van der Waals surface area contributed by atoms with Crippen LogP contribution in [0.15, 0.2) is 16.7 Å². The second-order valence-electron chi connectivity index (χ2n) is 6.05. The normalized spacial score (nSPS) is 18.3. The number of hydrogen-bond donors (Lipinski definition) is 2. The number of hydrogen-bond acceptors (Lipinski definition) is 6. The summed E-state index contributed by atoms with van der Waals surface area (Å²) in [5.41, 5.74) is 1.29. The minimum absolute atomic E-state index is 0.716. The molecule has 0 spiro atoms. The fraction of sp³-hybridized carbons (Fsp3) is 0.533. The van der Waals surface area contributed by atoms with Crippen LogP contribution in [0.4, 0.5) is 17.6 Å². The van der Waals surface area contributed by atoms with Crippen molar-refractivity contribution in [2.75, 3.05) is 48.3 Å². The summed E-state index contributed by atoms with van der Waals surface area (Å²) < 4.78 is 0.881. The number of aromatic amines is 1. The first-order valence-electron chi connectivity index (χ1n) is 8.00. The second-order valence-corrected chi connectivity index (χ2v) is 6.90. The first-order chi connectivity index (χ1) is 11.2. The van der Waals surface area contributed by atoms with E-state index in [9.17, 15) is 0 Å². The van der Waals surface area contributed by atoms with Crippen LogP contribution in [0.1, 0.15) is 24.5 Å². The van der Waals surface area contributed by atoms with E-state index in [0.29, 0.717) is 5.92 Å². The van der Waals surface area contributed by atoms with Crippen LogP contribution in [0.5, 0.6) is 0 Å². The monoisotopic (exact) mass is 377 g/mol. The maximum Gasteiger partial charge on any atom is 0.227 e. The number of piperazine rings is 1. The van der Waals surface area contributed by atoms with E-state index >= 15 is 0 Å². The van der Waals surface area contributed by atoms with E-state index in [4.69, 9.17) is 0 Å². The van der Waals surface area contributed by atoms with Gasteiger partial charge in [0.1, 0.15) is 5.82 Å². The van der Waals surface area contributed by atoms with Crippen molar-refractivity contribution in [2.24, 2.45) is 0 Å². The summed E-state index contributed by atoms with van der Waals surface area (Å²) in [7, 11) is 1.86. The largest absolute Gasteiger partial charge is 0.372 e. The van der Waals surface area contributed by atoms with Crippen LogP contribution >= 0.6 is 15.9 Å². The van der Waals surface area contributed by atoms with Crippen LogP contribution in [0.3, 0.4) is 0 Å². The van der Waals surface area contributed by atoms with E-state index in [-0.39, 0.29) is 0 Å². The van der Waals surface area contributed by atoms with Gasteiger partial charge in [0.15, 0.2) is 5.82 Å². The maximum atomic E-state index is 4.56. The Kier molecular flexibility index (Phi) is 3.84. The van der Waals surface area contributed by atoms with Crippen LogP contribution in [0.25, 0.3) is 0 Å². The van der Waals surface area contributed by atoms with Crippen LogP contribution in [-0.4, -0.2) is 53.4 Å². The Bertz CT molecular complexity index is 689. The fourth-order valence-corrected chi connectivity index (χ4v) is 3.30. The molecular formula is C15H20BrN7. The molecule has 122 valence electrons. The third kappa shape index (κ3) is 2.99. The molecule has 1 aliphatic carbocycles. The Morgan fingerprint density at radius 2 is 1.96 bits per heavy atom. The van der Waals surface area contributed by atoms with E-state index in [1.54, 1.807) is 6.20 Å². The molecule has 0 atom stereocenters. The van der Waals surface area contributed by atoms with Crippen molar-refractivity contribution >= 4 is 33.5 Å². The molecule has 8 heteroatoms. The van der Waals surface area contributed by atoms with Crippen LogP contribution in [0, 0.1) is 0 Å². The van der Waals surface area contributed by atoms with Gasteiger partial charge in [0.2, 0.25) is 5.95 Å². The lowest BCUT2D eigenvalue weighted by Crippen LogP contribution is -2.47. The molecule has 2 N–H and O–H groups in total. The van der Waals surface area contributed by atoms with Crippen molar-refractivity contribution in [1.82, 2.24) is 20.2 Å². The maximum absolute atomic E-state index is 4.56. The van der Waals surface area contributed by atoms with Crippen molar-refractivity contribution < 1.29 is 0 Å². The lowest BCUT2D eigenvalue weighted by atomic mass is 10.2. The van der Waals surface area contributed by atoms with Gasteiger partial charge < -0.3 is 15.1 Å². The number of nitrogens with one attached hydrogen (secondary N) is 2. The van der Waals surface area contributed by atoms with Crippen LogP contribution < -0.4 is 15.1 Å². The summed E-state index contributed by atoms with van der Waals surface area (Å²) in [6, 6.07) is 2.21. The molecule has 3 heterocycles. The van der Waals surface area contributed by atoms with Gasteiger partial charge in [-0.15, -0.1) is 0 Å². The minimum atomic E-state index is 0.716. The first-order valence-corrected chi connectivity index (χ1v) is 8.79. The minimum Gasteiger partial charge on any atom is -0.372 e. The standard InChI is InChI=1S/C15H20BrN7/c1-17-14-11(16)9-18-15(19-14)23-6-4-22(5-7-23)13-8-12(20-21-13)10-2-3-10/h8-10H,2-7H2,1H3,(H,20,21)(H,17,18,19). The van der Waals surface area contributed by atoms with E-state index < -0.39 is 0 Å². The summed E-state index contributed by atoms with van der Waals surface area (Å²) in [6.07, 6.45) is 4.39. The molecule has 1 aliphatic heterocycles. The molecule has 2 aliphatic rings. The van der Waals surface area contributed by atoms with Gasteiger partial charge in [-0.25, -0.2) is 4.98 Å². The highest BCUT2D eigenvalue weighted by Crippen LogP contribution is 2.39. The second kappa shape index (κ2) is 5.99. The fourth-order valence-electron chi connectivity index (χ4n) is 2.91. The summed E-state index contributed by atoms with van der Waals surface area (Å²) in [5, 5.41) is 10.7. The van der Waals surface area contributed by atoms with Gasteiger partial charge in [-0.3, -0.25) is 5.10 Å². The lowest BCUT2D eigenvalue weighted by Gasteiger charge is -2.34. The van der Waals surface area contributed by atoms with Crippen molar-refractivity contribution in [3.05, 3.63) is 22.4 Å². The van der Waals surface area contributed by atoms with Gasteiger partial charge in [0, 0.05) is 57.1 Å². The van der Waals surface area contributed by atoms with Crippen molar-refractivity contribution in [2.45, 2.75) is 18.8 Å². The molecule has 4 rings (SSSR count). The van der Waals surface area contributed by atoms with Gasteiger partial charge >= 0.3 is 0 Å². The summed E-state index contributed by atoms with van der Waals surface area (Å²) in [6.45, 7) is 3.67. The van der Waals surface area contributed by atoms with Crippen molar-refractivity contribution in [1.29, 1.82) is 0 Å². The van der Waals surface area contributed by atoms with Crippen molar-refractivity contribution in [3.8, 4) is 0 Å². The molecule has 2 fully saturated rings. The zero-order valence-corrected chi connectivity index (χ0v) is 14.7. The number of anilines is 3. The zero-order chi connectivity index (χ0) is 15.8. The molecular weight excluding hydrogens is 358 g/mol.